The average Bonchev–Trinajstić information content (AvgIpc) is 2.47. The molecular formula is C16H25N3O2. The Morgan fingerprint density at radius 3 is 2.86 bits per heavy atom. The Morgan fingerprint density at radius 2 is 2.24 bits per heavy atom. The monoisotopic (exact) mass is 291 g/mol. The number of likely N-dealkylation sites (N-methyl/N-ethyl adjacent to an activating group) is 1. The average molecular weight is 291 g/mol. The van der Waals surface area contributed by atoms with Crippen molar-refractivity contribution in [1.82, 2.24) is 10.2 Å². The molecule has 1 aromatic rings. The van der Waals surface area contributed by atoms with Crippen molar-refractivity contribution >= 4 is 5.69 Å². The minimum absolute atomic E-state index is 0.174. The molecule has 2 atom stereocenters. The summed E-state index contributed by atoms with van der Waals surface area (Å²) in [5.74, 6) is 0. The maximum atomic E-state index is 11.1. The van der Waals surface area contributed by atoms with E-state index >= 15 is 0 Å². The van der Waals surface area contributed by atoms with Crippen molar-refractivity contribution in [3.63, 3.8) is 0 Å². The number of hydrogen-bond acceptors (Lipinski definition) is 4. The van der Waals surface area contributed by atoms with E-state index in [9.17, 15) is 10.1 Å². The van der Waals surface area contributed by atoms with Gasteiger partial charge >= 0.3 is 0 Å². The van der Waals surface area contributed by atoms with E-state index in [1.165, 1.54) is 19.3 Å². The van der Waals surface area contributed by atoms with Gasteiger partial charge in [-0.2, -0.15) is 0 Å². The van der Waals surface area contributed by atoms with Crippen molar-refractivity contribution in [2.24, 2.45) is 0 Å². The van der Waals surface area contributed by atoms with E-state index in [1.807, 2.05) is 12.1 Å². The first-order valence-corrected chi connectivity index (χ1v) is 7.67. The Kier molecular flexibility index (Phi) is 5.31. The Balaban J connectivity index is 2.06. The lowest BCUT2D eigenvalue weighted by atomic mass is 10.0. The van der Waals surface area contributed by atoms with Crippen molar-refractivity contribution in [3.8, 4) is 0 Å². The fourth-order valence-electron chi connectivity index (χ4n) is 2.92. The van der Waals surface area contributed by atoms with Crippen LogP contribution in [-0.4, -0.2) is 36.0 Å². The predicted molar refractivity (Wildman–Crippen MR) is 84.5 cm³/mol. The van der Waals surface area contributed by atoms with E-state index in [0.29, 0.717) is 11.6 Å². The fourth-order valence-corrected chi connectivity index (χ4v) is 2.92. The zero-order valence-corrected chi connectivity index (χ0v) is 13.1. The van der Waals surface area contributed by atoms with Crippen LogP contribution in [0.3, 0.4) is 0 Å². The molecule has 0 spiro atoms. The van der Waals surface area contributed by atoms with Gasteiger partial charge in [-0.15, -0.1) is 0 Å². The van der Waals surface area contributed by atoms with Crippen LogP contribution in [0.15, 0.2) is 18.2 Å². The van der Waals surface area contributed by atoms with Gasteiger partial charge in [0, 0.05) is 30.3 Å². The van der Waals surface area contributed by atoms with E-state index in [2.05, 4.69) is 24.2 Å². The molecule has 1 aromatic carbocycles. The van der Waals surface area contributed by atoms with Gasteiger partial charge in [-0.05, 0) is 45.8 Å². The first-order valence-electron chi connectivity index (χ1n) is 7.67. The Morgan fingerprint density at radius 1 is 1.48 bits per heavy atom. The second-order valence-corrected chi connectivity index (χ2v) is 6.07. The van der Waals surface area contributed by atoms with Gasteiger partial charge in [-0.25, -0.2) is 0 Å². The summed E-state index contributed by atoms with van der Waals surface area (Å²) in [4.78, 5) is 13.0. The maximum Gasteiger partial charge on any atom is 0.272 e. The summed E-state index contributed by atoms with van der Waals surface area (Å²) in [6.07, 6.45) is 3.76. The van der Waals surface area contributed by atoms with Crippen molar-refractivity contribution < 1.29 is 4.92 Å². The number of piperidine rings is 1. The van der Waals surface area contributed by atoms with Crippen LogP contribution in [0.4, 0.5) is 5.69 Å². The molecule has 1 N–H and O–H groups in total. The Bertz CT molecular complexity index is 498. The van der Waals surface area contributed by atoms with E-state index in [1.54, 1.807) is 13.0 Å². The van der Waals surface area contributed by atoms with Gasteiger partial charge in [0.15, 0.2) is 0 Å². The molecule has 0 saturated carbocycles. The minimum atomic E-state index is -0.297. The number of nitro groups is 1. The number of nitro benzene ring substituents is 1. The lowest BCUT2D eigenvalue weighted by Gasteiger charge is -2.32. The molecule has 21 heavy (non-hydrogen) atoms. The van der Waals surface area contributed by atoms with Crippen LogP contribution >= 0.6 is 0 Å². The number of rotatable bonds is 5. The first-order chi connectivity index (χ1) is 9.99. The molecule has 0 bridgehead atoms. The van der Waals surface area contributed by atoms with Gasteiger partial charge in [0.25, 0.3) is 5.69 Å². The second-order valence-electron chi connectivity index (χ2n) is 6.07. The zero-order chi connectivity index (χ0) is 15.4. The number of nitrogens with zero attached hydrogens (tertiary/aromatic N) is 2. The maximum absolute atomic E-state index is 11.1. The molecule has 2 unspecified atom stereocenters. The molecule has 0 aliphatic carbocycles. The summed E-state index contributed by atoms with van der Waals surface area (Å²) in [6, 6.07) is 6.26. The second kappa shape index (κ2) is 7.00. The highest BCUT2D eigenvalue weighted by atomic mass is 16.6. The van der Waals surface area contributed by atoms with Gasteiger partial charge in [0.05, 0.1) is 4.92 Å². The Hall–Kier alpha value is -1.46. The molecule has 1 aliphatic heterocycles. The molecule has 1 saturated heterocycles. The van der Waals surface area contributed by atoms with Crippen LogP contribution in [-0.2, 0) is 0 Å². The standard InChI is InChI=1S/C16H25N3O2/c1-12-7-8-14(10-16(12)19(20)21)13(2)18(3)11-15-6-4-5-9-17-15/h7-8,10,13,15,17H,4-6,9,11H2,1-3H3. The summed E-state index contributed by atoms with van der Waals surface area (Å²) >= 11 is 0. The van der Waals surface area contributed by atoms with Crippen LogP contribution in [0.1, 0.15) is 43.4 Å². The third-order valence-corrected chi connectivity index (χ3v) is 4.49. The first kappa shape index (κ1) is 15.9. The zero-order valence-electron chi connectivity index (χ0n) is 13.1. The number of benzene rings is 1. The van der Waals surface area contributed by atoms with Crippen molar-refractivity contribution in [2.45, 2.75) is 45.2 Å². The SMILES string of the molecule is Cc1ccc(C(C)N(C)CC2CCCCN2)cc1[N+](=O)[O-]. The summed E-state index contributed by atoms with van der Waals surface area (Å²) in [7, 11) is 2.09. The summed E-state index contributed by atoms with van der Waals surface area (Å²) in [5.41, 5.74) is 1.93. The lowest BCUT2D eigenvalue weighted by Crippen LogP contribution is -2.43. The number of aryl methyl sites for hydroxylation is 1. The smallest absolute Gasteiger partial charge is 0.272 e. The number of hydrogen-bond donors (Lipinski definition) is 1. The molecular weight excluding hydrogens is 266 g/mol. The van der Waals surface area contributed by atoms with Gasteiger partial charge < -0.3 is 5.32 Å². The Labute approximate surface area is 126 Å². The van der Waals surface area contributed by atoms with Crippen LogP contribution in [0.5, 0.6) is 0 Å². The van der Waals surface area contributed by atoms with Gasteiger partial charge in [-0.1, -0.05) is 18.6 Å². The van der Waals surface area contributed by atoms with Crippen LogP contribution < -0.4 is 5.32 Å². The third kappa shape index (κ3) is 4.02. The molecule has 5 heteroatoms. The molecule has 5 nitrogen and oxygen atoms in total. The van der Waals surface area contributed by atoms with Gasteiger partial charge in [-0.3, -0.25) is 15.0 Å². The molecule has 1 aliphatic rings. The molecule has 0 radical (unpaired) electrons. The van der Waals surface area contributed by atoms with E-state index in [4.69, 9.17) is 0 Å². The largest absolute Gasteiger partial charge is 0.313 e. The van der Waals surface area contributed by atoms with Crippen LogP contribution in [0.25, 0.3) is 0 Å². The van der Waals surface area contributed by atoms with Crippen molar-refractivity contribution in [1.29, 1.82) is 0 Å². The van der Waals surface area contributed by atoms with Crippen LogP contribution in [0.2, 0.25) is 0 Å². The molecule has 1 fully saturated rings. The molecule has 2 rings (SSSR count). The molecule has 0 amide bonds. The summed E-state index contributed by atoms with van der Waals surface area (Å²) < 4.78 is 0. The third-order valence-electron chi connectivity index (χ3n) is 4.49. The van der Waals surface area contributed by atoms with E-state index < -0.39 is 0 Å². The van der Waals surface area contributed by atoms with E-state index in [-0.39, 0.29) is 16.7 Å². The lowest BCUT2D eigenvalue weighted by molar-refractivity contribution is -0.385. The number of nitrogens with one attached hydrogen (secondary N) is 1. The summed E-state index contributed by atoms with van der Waals surface area (Å²) in [5, 5.41) is 14.6. The molecule has 0 aromatic heterocycles. The summed E-state index contributed by atoms with van der Waals surface area (Å²) in [6.45, 7) is 5.96. The van der Waals surface area contributed by atoms with Gasteiger partial charge in [0.1, 0.15) is 0 Å². The normalized spacial score (nSPS) is 20.5. The van der Waals surface area contributed by atoms with Crippen molar-refractivity contribution in [3.05, 3.63) is 39.4 Å². The fraction of sp³-hybridized carbons (Fsp3) is 0.625. The highest BCUT2D eigenvalue weighted by Crippen LogP contribution is 2.26. The minimum Gasteiger partial charge on any atom is -0.313 e. The quantitative estimate of drug-likeness (QED) is 0.669. The van der Waals surface area contributed by atoms with E-state index in [0.717, 1.165) is 18.7 Å². The van der Waals surface area contributed by atoms with Crippen LogP contribution in [0, 0.1) is 17.0 Å². The van der Waals surface area contributed by atoms with Gasteiger partial charge in [0.2, 0.25) is 0 Å². The topological polar surface area (TPSA) is 58.4 Å². The molecule has 116 valence electrons. The molecule has 1 heterocycles. The highest BCUT2D eigenvalue weighted by molar-refractivity contribution is 5.43. The highest BCUT2D eigenvalue weighted by Gasteiger charge is 2.20. The predicted octanol–water partition coefficient (Wildman–Crippen LogP) is 3.04. The van der Waals surface area contributed by atoms with Crippen molar-refractivity contribution in [2.75, 3.05) is 20.1 Å².